The van der Waals surface area contributed by atoms with Crippen molar-refractivity contribution in [3.8, 4) is 11.5 Å². The number of ether oxygens (including phenoxy) is 1. The van der Waals surface area contributed by atoms with Crippen LogP contribution < -0.4 is 4.74 Å². The molecule has 0 heterocycles. The van der Waals surface area contributed by atoms with Gasteiger partial charge in [-0.1, -0.05) is 32.4 Å². The Morgan fingerprint density at radius 1 is 1.12 bits per heavy atom. The van der Waals surface area contributed by atoms with Crippen molar-refractivity contribution < 1.29 is 9.84 Å². The highest BCUT2D eigenvalue weighted by molar-refractivity contribution is 5.85. The molecule has 2 aromatic rings. The van der Waals surface area contributed by atoms with Gasteiger partial charge in [0.15, 0.2) is 0 Å². The smallest absolute Gasteiger partial charge is 0.119 e. The van der Waals surface area contributed by atoms with Crippen molar-refractivity contribution in [2.24, 2.45) is 5.92 Å². The normalized spacial score (nSPS) is 12.6. The van der Waals surface area contributed by atoms with Crippen molar-refractivity contribution in [1.29, 1.82) is 0 Å². The Labute approximate surface area is 102 Å². The van der Waals surface area contributed by atoms with E-state index in [0.29, 0.717) is 11.7 Å². The molecule has 0 aliphatic carbocycles. The summed E-state index contributed by atoms with van der Waals surface area (Å²) < 4.78 is 5.73. The first-order valence-corrected chi connectivity index (χ1v) is 6.04. The van der Waals surface area contributed by atoms with Gasteiger partial charge < -0.3 is 9.84 Å². The largest absolute Gasteiger partial charge is 0.508 e. The molecule has 0 aliphatic rings. The predicted molar refractivity (Wildman–Crippen MR) is 70.6 cm³/mol. The van der Waals surface area contributed by atoms with E-state index < -0.39 is 0 Å². The highest BCUT2D eigenvalue weighted by Gasteiger charge is 2.02. The van der Waals surface area contributed by atoms with Gasteiger partial charge in [0, 0.05) is 0 Å². The number of phenolic OH excluding ortho intramolecular Hbond substituents is 1. The molecule has 17 heavy (non-hydrogen) atoms. The van der Waals surface area contributed by atoms with Crippen molar-refractivity contribution in [3.63, 3.8) is 0 Å². The van der Waals surface area contributed by atoms with E-state index >= 15 is 0 Å². The molecule has 90 valence electrons. The molecular formula is C15H18O2. The molecule has 0 spiro atoms. The molecule has 0 aromatic heterocycles. The summed E-state index contributed by atoms with van der Waals surface area (Å²) in [5.74, 6) is 1.76. The number of aromatic hydroxyl groups is 1. The Bertz CT molecular complexity index is 505. The Hall–Kier alpha value is -1.70. The topological polar surface area (TPSA) is 29.5 Å². The van der Waals surface area contributed by atoms with Crippen molar-refractivity contribution in [3.05, 3.63) is 36.4 Å². The minimum atomic E-state index is 0.297. The van der Waals surface area contributed by atoms with E-state index in [4.69, 9.17) is 4.74 Å². The summed E-state index contributed by atoms with van der Waals surface area (Å²) >= 11 is 0. The second-order valence-corrected chi connectivity index (χ2v) is 4.52. The summed E-state index contributed by atoms with van der Waals surface area (Å²) in [5.41, 5.74) is 0. The van der Waals surface area contributed by atoms with Crippen LogP contribution in [0.25, 0.3) is 10.8 Å². The van der Waals surface area contributed by atoms with Crippen LogP contribution in [-0.4, -0.2) is 11.7 Å². The zero-order valence-electron chi connectivity index (χ0n) is 10.3. The SMILES string of the molecule is CC[C@H](C)COc1ccc2cc(O)ccc2c1. The maximum atomic E-state index is 9.38. The molecule has 0 saturated heterocycles. The average molecular weight is 230 g/mol. The van der Waals surface area contributed by atoms with Crippen LogP contribution in [0.1, 0.15) is 20.3 Å². The lowest BCUT2D eigenvalue weighted by atomic mass is 10.1. The zero-order valence-corrected chi connectivity index (χ0v) is 10.3. The predicted octanol–water partition coefficient (Wildman–Crippen LogP) is 3.97. The first kappa shape index (κ1) is 11.8. The molecule has 2 aromatic carbocycles. The van der Waals surface area contributed by atoms with Crippen LogP contribution in [0.4, 0.5) is 0 Å². The minimum absolute atomic E-state index is 0.297. The fraction of sp³-hybridized carbons (Fsp3) is 0.333. The van der Waals surface area contributed by atoms with Crippen LogP contribution in [0.3, 0.4) is 0 Å². The molecule has 0 saturated carbocycles. The first-order valence-electron chi connectivity index (χ1n) is 6.04. The second-order valence-electron chi connectivity index (χ2n) is 4.52. The fourth-order valence-corrected chi connectivity index (χ4v) is 1.66. The molecule has 0 radical (unpaired) electrons. The summed E-state index contributed by atoms with van der Waals surface area (Å²) in [6.07, 6.45) is 1.13. The molecule has 0 unspecified atom stereocenters. The number of benzene rings is 2. The third-order valence-electron chi connectivity index (χ3n) is 3.03. The Balaban J connectivity index is 2.17. The van der Waals surface area contributed by atoms with Gasteiger partial charge in [0.2, 0.25) is 0 Å². The van der Waals surface area contributed by atoms with Gasteiger partial charge >= 0.3 is 0 Å². The van der Waals surface area contributed by atoms with Gasteiger partial charge in [-0.15, -0.1) is 0 Å². The van der Waals surface area contributed by atoms with Crippen LogP contribution in [0.5, 0.6) is 11.5 Å². The average Bonchev–Trinajstić information content (AvgIpc) is 2.35. The van der Waals surface area contributed by atoms with E-state index in [-0.39, 0.29) is 0 Å². The molecular weight excluding hydrogens is 212 g/mol. The second kappa shape index (κ2) is 5.09. The number of phenols is 1. The van der Waals surface area contributed by atoms with Crippen LogP contribution >= 0.6 is 0 Å². The van der Waals surface area contributed by atoms with Crippen LogP contribution in [-0.2, 0) is 0 Å². The summed E-state index contributed by atoms with van der Waals surface area (Å²) in [7, 11) is 0. The molecule has 2 heteroatoms. The van der Waals surface area contributed by atoms with Crippen molar-refractivity contribution >= 4 is 10.8 Å². The van der Waals surface area contributed by atoms with Crippen LogP contribution in [0.2, 0.25) is 0 Å². The van der Waals surface area contributed by atoms with Gasteiger partial charge in [0.25, 0.3) is 0 Å². The third kappa shape index (κ3) is 2.90. The van der Waals surface area contributed by atoms with Crippen molar-refractivity contribution in [1.82, 2.24) is 0 Å². The number of rotatable bonds is 4. The van der Waals surface area contributed by atoms with E-state index in [1.165, 1.54) is 0 Å². The first-order chi connectivity index (χ1) is 8.19. The van der Waals surface area contributed by atoms with Crippen LogP contribution in [0, 0.1) is 5.92 Å². The molecule has 0 aliphatic heterocycles. The van der Waals surface area contributed by atoms with E-state index in [1.807, 2.05) is 24.3 Å². The van der Waals surface area contributed by atoms with Gasteiger partial charge in [-0.3, -0.25) is 0 Å². The Kier molecular flexibility index (Phi) is 3.52. The quantitative estimate of drug-likeness (QED) is 0.861. The lowest BCUT2D eigenvalue weighted by molar-refractivity contribution is 0.257. The van der Waals surface area contributed by atoms with Gasteiger partial charge in [-0.2, -0.15) is 0 Å². The summed E-state index contributed by atoms with van der Waals surface area (Å²) in [6.45, 7) is 5.09. The molecule has 0 amide bonds. The number of hydrogen-bond donors (Lipinski definition) is 1. The number of fused-ring (bicyclic) bond motifs is 1. The lowest BCUT2D eigenvalue weighted by Gasteiger charge is -2.11. The van der Waals surface area contributed by atoms with Crippen LogP contribution in [0.15, 0.2) is 36.4 Å². The molecule has 0 bridgehead atoms. The maximum absolute atomic E-state index is 9.38. The zero-order chi connectivity index (χ0) is 12.3. The van der Waals surface area contributed by atoms with E-state index in [1.54, 1.807) is 12.1 Å². The van der Waals surface area contributed by atoms with Gasteiger partial charge in [-0.05, 0) is 41.0 Å². The summed E-state index contributed by atoms with van der Waals surface area (Å²) in [6, 6.07) is 11.3. The Morgan fingerprint density at radius 3 is 2.59 bits per heavy atom. The van der Waals surface area contributed by atoms with E-state index in [2.05, 4.69) is 13.8 Å². The van der Waals surface area contributed by atoms with Crippen molar-refractivity contribution in [2.75, 3.05) is 6.61 Å². The maximum Gasteiger partial charge on any atom is 0.119 e. The molecule has 2 rings (SSSR count). The molecule has 1 N–H and O–H groups in total. The molecule has 1 atom stereocenters. The summed E-state index contributed by atoms with van der Waals surface area (Å²) in [4.78, 5) is 0. The monoisotopic (exact) mass is 230 g/mol. The summed E-state index contributed by atoms with van der Waals surface area (Å²) in [5, 5.41) is 11.5. The van der Waals surface area contributed by atoms with Gasteiger partial charge in [0.05, 0.1) is 6.61 Å². The van der Waals surface area contributed by atoms with Crippen molar-refractivity contribution in [2.45, 2.75) is 20.3 Å². The van der Waals surface area contributed by atoms with E-state index in [0.717, 1.165) is 29.5 Å². The molecule has 0 fully saturated rings. The fourth-order valence-electron chi connectivity index (χ4n) is 1.66. The van der Waals surface area contributed by atoms with Gasteiger partial charge in [0.1, 0.15) is 11.5 Å². The minimum Gasteiger partial charge on any atom is -0.508 e. The lowest BCUT2D eigenvalue weighted by Crippen LogP contribution is -2.06. The standard InChI is InChI=1S/C15H18O2/c1-3-11(2)10-17-15-7-5-12-8-14(16)6-4-13(12)9-15/h4-9,11,16H,3,10H2,1-2H3/t11-/m0/s1. The highest BCUT2D eigenvalue weighted by Crippen LogP contribution is 2.24. The number of hydrogen-bond acceptors (Lipinski definition) is 2. The third-order valence-corrected chi connectivity index (χ3v) is 3.03. The highest BCUT2D eigenvalue weighted by atomic mass is 16.5. The van der Waals surface area contributed by atoms with Gasteiger partial charge in [-0.25, -0.2) is 0 Å². The van der Waals surface area contributed by atoms with E-state index in [9.17, 15) is 5.11 Å². The molecule has 2 nitrogen and oxygen atoms in total. The Morgan fingerprint density at radius 2 is 1.82 bits per heavy atom.